The number of imidazole rings is 1. The molecule has 0 saturated carbocycles. The Kier molecular flexibility index (Phi) is 5.52. The first-order valence-corrected chi connectivity index (χ1v) is 11.3. The first-order chi connectivity index (χ1) is 14.3. The van der Waals surface area contributed by atoms with E-state index in [1.807, 2.05) is 13.8 Å². The largest absolute Gasteiger partial charge is 0.334 e. The molecule has 0 aliphatic carbocycles. The predicted molar refractivity (Wildman–Crippen MR) is 108 cm³/mol. The molecule has 0 unspecified atom stereocenters. The summed E-state index contributed by atoms with van der Waals surface area (Å²) in [5.74, 6) is 0.661. The molecule has 1 fully saturated rings. The highest BCUT2D eigenvalue weighted by molar-refractivity contribution is 7.89. The van der Waals surface area contributed by atoms with E-state index >= 15 is 0 Å². The van der Waals surface area contributed by atoms with Crippen LogP contribution in [-0.2, 0) is 16.6 Å². The van der Waals surface area contributed by atoms with Crippen LogP contribution in [0.3, 0.4) is 0 Å². The zero-order valence-corrected chi connectivity index (χ0v) is 17.7. The van der Waals surface area contributed by atoms with E-state index in [0.717, 1.165) is 0 Å². The van der Waals surface area contributed by atoms with Crippen molar-refractivity contribution in [3.63, 3.8) is 0 Å². The number of sulfonamides is 1. The summed E-state index contributed by atoms with van der Waals surface area (Å²) >= 11 is 0. The summed E-state index contributed by atoms with van der Waals surface area (Å²) in [7, 11) is -3.62. The molecule has 1 aliphatic heterocycles. The molecule has 0 N–H and O–H groups in total. The molecule has 160 valence electrons. The van der Waals surface area contributed by atoms with E-state index in [0.29, 0.717) is 38.3 Å². The molecule has 30 heavy (non-hydrogen) atoms. The van der Waals surface area contributed by atoms with Crippen molar-refractivity contribution < 1.29 is 8.42 Å². The fourth-order valence-corrected chi connectivity index (χ4v) is 4.85. The van der Waals surface area contributed by atoms with Crippen LogP contribution in [0.25, 0.3) is 5.82 Å². The Morgan fingerprint density at radius 1 is 1.17 bits per heavy atom. The lowest BCUT2D eigenvalue weighted by atomic mass is 9.98. The summed E-state index contributed by atoms with van der Waals surface area (Å²) in [5, 5.41) is 8.47. The molecule has 1 aliphatic rings. The van der Waals surface area contributed by atoms with Gasteiger partial charge in [-0.05, 0) is 38.7 Å². The Morgan fingerprint density at radius 3 is 2.57 bits per heavy atom. The van der Waals surface area contributed by atoms with Crippen molar-refractivity contribution in [1.29, 1.82) is 0 Å². The second-order valence-corrected chi connectivity index (χ2v) is 9.54. The fraction of sp³-hybridized carbons (Fsp3) is 0.500. The number of hydrogen-bond donors (Lipinski definition) is 0. The second-order valence-electron chi connectivity index (χ2n) is 7.65. The van der Waals surface area contributed by atoms with Crippen LogP contribution < -0.4 is 5.56 Å². The molecule has 4 rings (SSSR count). The highest BCUT2D eigenvalue weighted by Crippen LogP contribution is 2.24. The maximum absolute atomic E-state index is 12.9. The number of piperidine rings is 1. The molecule has 0 radical (unpaired) electrons. The van der Waals surface area contributed by atoms with Gasteiger partial charge in [0.25, 0.3) is 15.6 Å². The lowest BCUT2D eigenvalue weighted by molar-refractivity contribution is 0.244. The van der Waals surface area contributed by atoms with Crippen LogP contribution in [0, 0.1) is 5.92 Å². The maximum Gasteiger partial charge on any atom is 0.266 e. The quantitative estimate of drug-likeness (QED) is 0.562. The average Bonchev–Trinajstić information content (AvgIpc) is 3.43. The Hall–Kier alpha value is -2.86. The Balaban J connectivity index is 1.42. The minimum atomic E-state index is -3.62. The minimum absolute atomic E-state index is 0.0769. The summed E-state index contributed by atoms with van der Waals surface area (Å²) < 4.78 is 31.9. The van der Waals surface area contributed by atoms with E-state index in [1.54, 1.807) is 23.2 Å². The summed E-state index contributed by atoms with van der Waals surface area (Å²) in [6, 6.07) is 3.19. The van der Waals surface area contributed by atoms with E-state index in [-0.39, 0.29) is 22.5 Å². The predicted octanol–water partition coefficient (Wildman–Crippen LogP) is 0.702. The van der Waals surface area contributed by atoms with Crippen LogP contribution in [0.15, 0.2) is 47.1 Å². The SMILES string of the molecule is CC(C)n1cnc(S(=O)(=O)N2CCC(Cn3nc(-n4cncn4)ccc3=O)CC2)c1. The fourth-order valence-electron chi connectivity index (χ4n) is 3.46. The molecule has 3 aromatic rings. The van der Waals surface area contributed by atoms with Crippen LogP contribution in [-0.4, -0.2) is 59.9 Å². The van der Waals surface area contributed by atoms with Crippen molar-refractivity contribution in [2.45, 2.75) is 44.3 Å². The number of aromatic nitrogens is 7. The van der Waals surface area contributed by atoms with Crippen LogP contribution in [0.4, 0.5) is 0 Å². The van der Waals surface area contributed by atoms with Gasteiger partial charge < -0.3 is 4.57 Å². The van der Waals surface area contributed by atoms with Gasteiger partial charge in [-0.2, -0.15) is 9.40 Å². The third-order valence-electron chi connectivity index (χ3n) is 5.29. The normalized spacial score (nSPS) is 16.4. The molecular weight excluding hydrogens is 408 g/mol. The van der Waals surface area contributed by atoms with Gasteiger partial charge in [-0.1, -0.05) is 0 Å². The van der Waals surface area contributed by atoms with E-state index < -0.39 is 10.0 Å². The van der Waals surface area contributed by atoms with Crippen molar-refractivity contribution in [3.05, 3.63) is 47.7 Å². The zero-order chi connectivity index (χ0) is 21.3. The summed E-state index contributed by atoms with van der Waals surface area (Å²) in [6.45, 7) is 5.14. The van der Waals surface area contributed by atoms with Crippen molar-refractivity contribution in [2.75, 3.05) is 13.1 Å². The highest BCUT2D eigenvalue weighted by atomic mass is 32.2. The Morgan fingerprint density at radius 2 is 1.93 bits per heavy atom. The molecule has 0 spiro atoms. The highest BCUT2D eigenvalue weighted by Gasteiger charge is 2.31. The number of nitrogens with zero attached hydrogens (tertiary/aromatic N) is 8. The summed E-state index contributed by atoms with van der Waals surface area (Å²) in [4.78, 5) is 20.2. The van der Waals surface area contributed by atoms with Gasteiger partial charge in [-0.25, -0.2) is 27.7 Å². The standard InChI is InChI=1S/C18H24N8O3S/c1-14(2)23-10-17(20-13-23)30(28,29)24-7-5-15(6-8-24)9-25-18(27)4-3-16(22-25)26-12-19-11-21-26/h3-4,10-15H,5-9H2,1-2H3. The van der Waals surface area contributed by atoms with Crippen molar-refractivity contribution in [1.82, 2.24) is 38.4 Å². The second kappa shape index (κ2) is 8.11. The topological polar surface area (TPSA) is 121 Å². The number of hydrogen-bond acceptors (Lipinski definition) is 7. The smallest absolute Gasteiger partial charge is 0.266 e. The molecule has 11 nitrogen and oxygen atoms in total. The van der Waals surface area contributed by atoms with Crippen molar-refractivity contribution in [2.24, 2.45) is 5.92 Å². The van der Waals surface area contributed by atoms with Gasteiger partial charge >= 0.3 is 0 Å². The molecular formula is C18H24N8O3S. The Labute approximate surface area is 174 Å². The average molecular weight is 433 g/mol. The monoisotopic (exact) mass is 432 g/mol. The lowest BCUT2D eigenvalue weighted by Gasteiger charge is -2.30. The summed E-state index contributed by atoms with van der Waals surface area (Å²) in [5.41, 5.74) is -0.201. The van der Waals surface area contributed by atoms with E-state index in [2.05, 4.69) is 20.2 Å². The van der Waals surface area contributed by atoms with Gasteiger partial charge in [-0.3, -0.25) is 4.79 Å². The van der Waals surface area contributed by atoms with Crippen molar-refractivity contribution >= 4 is 10.0 Å². The van der Waals surface area contributed by atoms with Gasteiger partial charge in [0.2, 0.25) is 0 Å². The minimum Gasteiger partial charge on any atom is -0.334 e. The first kappa shape index (κ1) is 20.4. The van der Waals surface area contributed by atoms with E-state index in [9.17, 15) is 13.2 Å². The van der Waals surface area contributed by atoms with Gasteiger partial charge in [0.05, 0.1) is 6.33 Å². The number of rotatable bonds is 6. The lowest BCUT2D eigenvalue weighted by Crippen LogP contribution is -2.40. The maximum atomic E-state index is 12.9. The molecule has 3 aromatic heterocycles. The molecule has 0 amide bonds. The molecule has 1 saturated heterocycles. The van der Waals surface area contributed by atoms with Crippen LogP contribution in [0.2, 0.25) is 0 Å². The molecule has 0 atom stereocenters. The van der Waals surface area contributed by atoms with E-state index in [4.69, 9.17) is 0 Å². The third kappa shape index (κ3) is 4.05. The van der Waals surface area contributed by atoms with Crippen LogP contribution in [0.5, 0.6) is 0 Å². The van der Waals surface area contributed by atoms with Crippen molar-refractivity contribution in [3.8, 4) is 5.82 Å². The molecule has 4 heterocycles. The van der Waals surface area contributed by atoms with Crippen LogP contribution >= 0.6 is 0 Å². The van der Waals surface area contributed by atoms with Gasteiger partial charge in [0.15, 0.2) is 10.8 Å². The molecule has 12 heteroatoms. The summed E-state index contributed by atoms with van der Waals surface area (Å²) in [6.07, 6.45) is 7.33. The molecule has 0 bridgehead atoms. The zero-order valence-electron chi connectivity index (χ0n) is 16.9. The van der Waals surface area contributed by atoms with E-state index in [1.165, 1.54) is 32.4 Å². The van der Waals surface area contributed by atoms with Gasteiger partial charge in [-0.15, -0.1) is 5.10 Å². The third-order valence-corrected chi connectivity index (χ3v) is 7.07. The molecule has 0 aromatic carbocycles. The van der Waals surface area contributed by atoms with Crippen LogP contribution in [0.1, 0.15) is 32.7 Å². The van der Waals surface area contributed by atoms with Gasteiger partial charge in [0.1, 0.15) is 12.7 Å². The van der Waals surface area contributed by atoms with Gasteiger partial charge in [0, 0.05) is 37.9 Å². The first-order valence-electron chi connectivity index (χ1n) is 9.81. The Bertz CT molecular complexity index is 1160.